The molecule has 3 amide bonds. The lowest BCUT2D eigenvalue weighted by Crippen LogP contribution is -2.51. The van der Waals surface area contributed by atoms with Gasteiger partial charge in [0.15, 0.2) is 4.87 Å². The number of nitrogens with zero attached hydrogens (tertiary/aromatic N) is 2. The van der Waals surface area contributed by atoms with E-state index in [2.05, 4.69) is 5.32 Å². The number of rotatable bonds is 4. The molecule has 0 aromatic heterocycles. The molecule has 1 atom stereocenters. The zero-order chi connectivity index (χ0) is 23.0. The molecule has 8 heteroatoms. The second kappa shape index (κ2) is 8.44. The van der Waals surface area contributed by atoms with E-state index < -0.39 is 16.7 Å². The van der Waals surface area contributed by atoms with Crippen LogP contribution in [-0.2, 0) is 16.2 Å². The fourth-order valence-electron chi connectivity index (χ4n) is 4.44. The van der Waals surface area contributed by atoms with Crippen LogP contribution in [0, 0.1) is 5.82 Å². The number of carbonyl (C=O) groups excluding carboxylic acids is 2. The topological polar surface area (TPSA) is 61.9 Å². The minimum absolute atomic E-state index is 0.164. The Balaban J connectivity index is 1.50. The van der Waals surface area contributed by atoms with Gasteiger partial charge in [0, 0.05) is 23.5 Å². The summed E-state index contributed by atoms with van der Waals surface area (Å²) in [6.07, 6.45) is 0. The van der Waals surface area contributed by atoms with Crippen LogP contribution < -0.4 is 15.0 Å². The maximum absolute atomic E-state index is 14.0. The van der Waals surface area contributed by atoms with Crippen LogP contribution in [-0.4, -0.2) is 36.2 Å². The highest BCUT2D eigenvalue weighted by Crippen LogP contribution is 2.54. The Labute approximate surface area is 195 Å². The van der Waals surface area contributed by atoms with Gasteiger partial charge in [0.2, 0.25) is 0 Å². The summed E-state index contributed by atoms with van der Waals surface area (Å²) in [6, 6.07) is 20.5. The molecule has 1 spiro atoms. The summed E-state index contributed by atoms with van der Waals surface area (Å²) < 4.78 is 18.9. The largest absolute Gasteiger partial charge is 0.497 e. The van der Waals surface area contributed by atoms with E-state index >= 15 is 0 Å². The highest BCUT2D eigenvalue weighted by Gasteiger charge is 2.59. The Morgan fingerprint density at radius 1 is 1.12 bits per heavy atom. The highest BCUT2D eigenvalue weighted by molar-refractivity contribution is 8.01. The van der Waals surface area contributed by atoms with Crippen molar-refractivity contribution in [3.05, 3.63) is 89.7 Å². The first kappa shape index (κ1) is 21.3. The number of urea groups is 1. The number of halogens is 1. The monoisotopic (exact) mass is 463 g/mol. The molecule has 2 aliphatic heterocycles. The lowest BCUT2D eigenvalue weighted by Gasteiger charge is -2.33. The zero-order valence-electron chi connectivity index (χ0n) is 18.0. The number of hydrogen-bond acceptors (Lipinski definition) is 4. The Morgan fingerprint density at radius 2 is 1.94 bits per heavy atom. The van der Waals surface area contributed by atoms with Crippen molar-refractivity contribution in [1.29, 1.82) is 0 Å². The van der Waals surface area contributed by atoms with Gasteiger partial charge < -0.3 is 15.0 Å². The summed E-state index contributed by atoms with van der Waals surface area (Å²) in [5.41, 5.74) is 2.84. The molecule has 33 heavy (non-hydrogen) atoms. The van der Waals surface area contributed by atoms with Gasteiger partial charge in [-0.15, -0.1) is 11.8 Å². The van der Waals surface area contributed by atoms with Gasteiger partial charge in [-0.3, -0.25) is 9.69 Å². The van der Waals surface area contributed by atoms with Gasteiger partial charge in [0.1, 0.15) is 11.6 Å². The number of amides is 3. The third-order valence-corrected chi connectivity index (χ3v) is 7.32. The minimum Gasteiger partial charge on any atom is -0.497 e. The molecule has 6 nitrogen and oxygen atoms in total. The van der Waals surface area contributed by atoms with Gasteiger partial charge in [-0.1, -0.05) is 36.4 Å². The van der Waals surface area contributed by atoms with Gasteiger partial charge >= 0.3 is 6.03 Å². The van der Waals surface area contributed by atoms with Crippen molar-refractivity contribution in [2.45, 2.75) is 11.4 Å². The quantitative estimate of drug-likeness (QED) is 0.603. The van der Waals surface area contributed by atoms with Crippen LogP contribution in [0.3, 0.4) is 0 Å². The molecule has 2 heterocycles. The number of carbonyl (C=O) groups is 2. The normalized spacial score (nSPS) is 19.2. The van der Waals surface area contributed by atoms with Crippen LogP contribution in [0.25, 0.3) is 0 Å². The van der Waals surface area contributed by atoms with Crippen molar-refractivity contribution in [3.8, 4) is 5.75 Å². The molecule has 3 aromatic rings. The predicted octanol–water partition coefficient (Wildman–Crippen LogP) is 4.81. The van der Waals surface area contributed by atoms with Gasteiger partial charge in [0.25, 0.3) is 5.91 Å². The molecule has 0 aliphatic carbocycles. The Kier molecular flexibility index (Phi) is 5.46. The Hall–Kier alpha value is -3.52. The number of hydrogen-bond donors (Lipinski definition) is 1. The second-order valence-electron chi connectivity index (χ2n) is 7.84. The molecular formula is C25H22FN3O3S. The maximum Gasteiger partial charge on any atom is 0.323 e. The number of anilines is 2. The summed E-state index contributed by atoms with van der Waals surface area (Å²) in [4.78, 5) is 29.4. The molecule has 5 rings (SSSR count). The maximum atomic E-state index is 14.0. The van der Waals surface area contributed by atoms with Crippen molar-refractivity contribution < 1.29 is 18.7 Å². The van der Waals surface area contributed by atoms with E-state index in [-0.39, 0.29) is 5.91 Å². The predicted molar refractivity (Wildman–Crippen MR) is 127 cm³/mol. The molecule has 3 aromatic carbocycles. The molecule has 0 unspecified atom stereocenters. The van der Waals surface area contributed by atoms with E-state index in [9.17, 15) is 14.0 Å². The third kappa shape index (κ3) is 3.60. The average molecular weight is 464 g/mol. The second-order valence-corrected chi connectivity index (χ2v) is 9.13. The molecule has 0 saturated carbocycles. The fraction of sp³-hybridized carbons (Fsp3) is 0.200. The van der Waals surface area contributed by atoms with Crippen LogP contribution in [0.4, 0.5) is 20.6 Å². The van der Waals surface area contributed by atoms with Crippen LogP contribution in [0.15, 0.2) is 72.8 Å². The lowest BCUT2D eigenvalue weighted by molar-refractivity contribution is -0.123. The molecule has 1 N–H and O–H groups in total. The van der Waals surface area contributed by atoms with Crippen LogP contribution in [0.1, 0.15) is 11.1 Å². The smallest absolute Gasteiger partial charge is 0.323 e. The summed E-state index contributed by atoms with van der Waals surface area (Å²) >= 11 is 1.45. The lowest BCUT2D eigenvalue weighted by atomic mass is 10.1. The van der Waals surface area contributed by atoms with Crippen LogP contribution >= 0.6 is 11.8 Å². The summed E-state index contributed by atoms with van der Waals surface area (Å²) in [6.45, 7) is 0.758. The first-order chi connectivity index (χ1) is 16.0. The van der Waals surface area contributed by atoms with Crippen LogP contribution in [0.2, 0.25) is 0 Å². The number of methoxy groups -OCH3 is 1. The summed E-state index contributed by atoms with van der Waals surface area (Å²) in [5.74, 6) is 0.728. The molecule has 2 aliphatic rings. The van der Waals surface area contributed by atoms with Crippen molar-refractivity contribution in [3.63, 3.8) is 0 Å². The van der Waals surface area contributed by atoms with E-state index in [1.54, 1.807) is 23.0 Å². The zero-order valence-corrected chi connectivity index (χ0v) is 18.8. The third-order valence-electron chi connectivity index (χ3n) is 5.90. The first-order valence-corrected chi connectivity index (χ1v) is 11.5. The van der Waals surface area contributed by atoms with E-state index in [1.807, 2.05) is 48.5 Å². The van der Waals surface area contributed by atoms with E-state index in [4.69, 9.17) is 4.74 Å². The molecule has 168 valence electrons. The number of thioether (sulfide) groups is 1. The molecule has 0 bridgehead atoms. The first-order valence-electron chi connectivity index (χ1n) is 10.6. The standard InChI is InChI=1S/C25H22FN3O3S/c1-32-20-9-4-6-17(14-20)16-28-22-11-3-2-10-21(22)25(23(28)30)29(12-13-33-25)24(31)27-19-8-5-7-18(26)15-19/h2-11,14-15H,12-13,16H2,1H3,(H,27,31)/t25-/m0/s1. The van der Waals surface area contributed by atoms with E-state index in [0.717, 1.165) is 16.8 Å². The van der Waals surface area contributed by atoms with Crippen molar-refractivity contribution in [1.82, 2.24) is 4.90 Å². The van der Waals surface area contributed by atoms with Gasteiger partial charge in [-0.25, -0.2) is 9.18 Å². The SMILES string of the molecule is COc1cccc(CN2C(=O)[C@@]3(SCCN3C(=O)Nc3cccc(F)c3)c3ccccc32)c1. The average Bonchev–Trinajstić information content (AvgIpc) is 3.37. The fourth-order valence-corrected chi connectivity index (χ4v) is 5.90. The van der Waals surface area contributed by atoms with E-state index in [0.29, 0.717) is 30.3 Å². The summed E-state index contributed by atoms with van der Waals surface area (Å²) in [5, 5.41) is 2.75. The van der Waals surface area contributed by atoms with Gasteiger partial charge in [-0.05, 0) is 42.0 Å². The number of ether oxygens (including phenoxy) is 1. The number of benzene rings is 3. The molecular weight excluding hydrogens is 441 g/mol. The number of para-hydroxylation sites is 1. The van der Waals surface area contributed by atoms with E-state index in [1.165, 1.54) is 30.0 Å². The molecule has 1 saturated heterocycles. The Bertz CT molecular complexity index is 1240. The number of nitrogens with one attached hydrogen (secondary N) is 1. The van der Waals surface area contributed by atoms with Gasteiger partial charge in [-0.2, -0.15) is 0 Å². The summed E-state index contributed by atoms with van der Waals surface area (Å²) in [7, 11) is 1.61. The van der Waals surface area contributed by atoms with Gasteiger partial charge in [0.05, 0.1) is 19.3 Å². The Morgan fingerprint density at radius 3 is 2.76 bits per heavy atom. The highest BCUT2D eigenvalue weighted by atomic mass is 32.2. The minimum atomic E-state index is -1.16. The van der Waals surface area contributed by atoms with Crippen molar-refractivity contribution >= 4 is 35.1 Å². The van der Waals surface area contributed by atoms with Crippen molar-refractivity contribution in [2.24, 2.45) is 0 Å². The molecule has 1 fully saturated rings. The number of fused-ring (bicyclic) bond motifs is 2. The van der Waals surface area contributed by atoms with Crippen LogP contribution in [0.5, 0.6) is 5.75 Å². The van der Waals surface area contributed by atoms with Crippen molar-refractivity contribution in [2.75, 3.05) is 29.6 Å². The molecule has 0 radical (unpaired) electrons.